The number of anilines is 1. The smallest absolute Gasteiger partial charge is 0.407 e. The van der Waals surface area contributed by atoms with Crippen LogP contribution in [0.1, 0.15) is 33.4 Å². The van der Waals surface area contributed by atoms with E-state index in [1.54, 1.807) is 34.9 Å². The van der Waals surface area contributed by atoms with E-state index in [4.69, 9.17) is 14.4 Å². The molecule has 0 radical (unpaired) electrons. The van der Waals surface area contributed by atoms with Crippen molar-refractivity contribution in [3.8, 4) is 11.4 Å². The molecule has 1 aliphatic rings. The molecule has 0 atom stereocenters. The Morgan fingerprint density at radius 3 is 2.84 bits per heavy atom. The second-order valence-electron chi connectivity index (χ2n) is 8.64. The van der Waals surface area contributed by atoms with Gasteiger partial charge in [-0.2, -0.15) is 4.98 Å². The third kappa shape index (κ3) is 5.11. The third-order valence-corrected chi connectivity index (χ3v) is 6.00. The first-order valence-corrected chi connectivity index (χ1v) is 11.3. The molecule has 13 heteroatoms. The minimum atomic E-state index is -2.56. The van der Waals surface area contributed by atoms with Crippen molar-refractivity contribution in [1.29, 1.82) is 0 Å². The Kier molecular flexibility index (Phi) is 6.53. The molecule has 0 saturated carbocycles. The monoisotopic (exact) mass is 512 g/mol. The summed E-state index contributed by atoms with van der Waals surface area (Å²) >= 11 is 0. The van der Waals surface area contributed by atoms with E-state index in [1.165, 1.54) is 11.1 Å². The number of nitrogens with zero attached hydrogens (tertiary/aromatic N) is 5. The van der Waals surface area contributed by atoms with Crippen molar-refractivity contribution < 1.29 is 32.7 Å². The lowest BCUT2D eigenvalue weighted by Gasteiger charge is -2.34. The van der Waals surface area contributed by atoms with E-state index in [0.29, 0.717) is 47.3 Å². The van der Waals surface area contributed by atoms with Crippen LogP contribution in [0.15, 0.2) is 47.2 Å². The molecular weight excluding hydrogens is 490 g/mol. The van der Waals surface area contributed by atoms with Crippen LogP contribution in [0.3, 0.4) is 0 Å². The molecule has 1 saturated heterocycles. The summed E-state index contributed by atoms with van der Waals surface area (Å²) in [6.07, 6.45) is -0.495. The van der Waals surface area contributed by atoms with Crippen molar-refractivity contribution in [1.82, 2.24) is 24.4 Å². The van der Waals surface area contributed by atoms with E-state index in [1.807, 2.05) is 13.0 Å². The number of halogens is 2. The quantitative estimate of drug-likeness (QED) is 0.364. The topological polar surface area (TPSA) is 135 Å². The van der Waals surface area contributed by atoms with Crippen LogP contribution in [0.2, 0.25) is 0 Å². The number of rotatable bonds is 8. The van der Waals surface area contributed by atoms with Crippen molar-refractivity contribution in [2.75, 3.05) is 25.0 Å². The van der Waals surface area contributed by atoms with Gasteiger partial charge in [-0.3, -0.25) is 9.20 Å². The second-order valence-corrected chi connectivity index (χ2v) is 8.64. The highest BCUT2D eigenvalue weighted by Crippen LogP contribution is 2.29. The number of alkyl halides is 2. The summed E-state index contributed by atoms with van der Waals surface area (Å²) in [5, 5.41) is 15.9. The van der Waals surface area contributed by atoms with E-state index in [2.05, 4.69) is 20.4 Å². The molecule has 0 bridgehead atoms. The highest BCUT2D eigenvalue weighted by molar-refractivity contribution is 6.04. The fourth-order valence-corrected chi connectivity index (χ4v) is 3.94. The minimum absolute atomic E-state index is 0.0252. The van der Waals surface area contributed by atoms with Crippen molar-refractivity contribution in [2.45, 2.75) is 25.9 Å². The van der Waals surface area contributed by atoms with Crippen molar-refractivity contribution in [3.63, 3.8) is 0 Å². The molecule has 37 heavy (non-hydrogen) atoms. The van der Waals surface area contributed by atoms with Gasteiger partial charge in [0.05, 0.1) is 18.7 Å². The maximum atomic E-state index is 13.1. The molecule has 0 spiro atoms. The summed E-state index contributed by atoms with van der Waals surface area (Å²) in [7, 11) is 0. The van der Waals surface area contributed by atoms with Gasteiger partial charge in [0.2, 0.25) is 11.7 Å². The van der Waals surface area contributed by atoms with Crippen molar-refractivity contribution >= 4 is 23.3 Å². The predicted octanol–water partition coefficient (Wildman–Crippen LogP) is 3.80. The number of aryl methyl sites for hydroxylation is 1. The first-order valence-electron chi connectivity index (χ1n) is 11.3. The SMILES string of the molecule is Cc1ccc(-c2noc(C3CN(C(=O)O)C3)n2)cc1NC(=O)c1cnc2ccc(COCC(F)F)cn12. The van der Waals surface area contributed by atoms with Crippen molar-refractivity contribution in [2.24, 2.45) is 0 Å². The van der Waals surface area contributed by atoms with Crippen molar-refractivity contribution in [3.05, 3.63) is 65.4 Å². The second kappa shape index (κ2) is 9.93. The molecule has 4 heterocycles. The van der Waals surface area contributed by atoms with E-state index >= 15 is 0 Å². The Labute approximate surface area is 208 Å². The van der Waals surface area contributed by atoms with Crippen LogP contribution in [0, 0.1) is 6.92 Å². The van der Waals surface area contributed by atoms with Gasteiger partial charge in [0.15, 0.2) is 0 Å². The van der Waals surface area contributed by atoms with Gasteiger partial charge in [-0.1, -0.05) is 23.4 Å². The number of fused-ring (bicyclic) bond motifs is 1. The average Bonchev–Trinajstić information content (AvgIpc) is 3.46. The zero-order chi connectivity index (χ0) is 26.1. The van der Waals surface area contributed by atoms with Gasteiger partial charge in [-0.05, 0) is 30.2 Å². The van der Waals surface area contributed by atoms with Crippen LogP contribution >= 0.6 is 0 Å². The van der Waals surface area contributed by atoms with Gasteiger partial charge in [0, 0.05) is 30.5 Å². The van der Waals surface area contributed by atoms with Crippen LogP contribution in [-0.4, -0.2) is 67.7 Å². The summed E-state index contributed by atoms with van der Waals surface area (Å²) in [5.74, 6) is 0.110. The Morgan fingerprint density at radius 1 is 1.27 bits per heavy atom. The number of hydrogen-bond acceptors (Lipinski definition) is 7. The van der Waals surface area contributed by atoms with E-state index in [-0.39, 0.29) is 18.2 Å². The van der Waals surface area contributed by atoms with Crippen LogP contribution in [0.25, 0.3) is 17.0 Å². The number of benzene rings is 1. The lowest BCUT2D eigenvalue weighted by Crippen LogP contribution is -2.47. The number of pyridine rings is 1. The first kappa shape index (κ1) is 24.3. The predicted molar refractivity (Wildman–Crippen MR) is 126 cm³/mol. The standard InChI is InChI=1S/C24H22F2N6O5/c1-13-2-4-15(21-29-23(37-30-21)16-9-31(10-16)24(34)35)6-17(13)28-22(33)18-7-27-20-5-3-14(8-32(18)20)11-36-12-19(25)26/h2-8,16,19H,9-12H2,1H3,(H,28,33)(H,34,35). The number of imidazole rings is 1. The maximum absolute atomic E-state index is 13.1. The fourth-order valence-electron chi connectivity index (χ4n) is 3.94. The molecule has 192 valence electrons. The number of amides is 2. The minimum Gasteiger partial charge on any atom is -0.465 e. The Hall–Kier alpha value is -4.39. The van der Waals surface area contributed by atoms with Gasteiger partial charge in [0.25, 0.3) is 12.3 Å². The highest BCUT2D eigenvalue weighted by Gasteiger charge is 2.35. The number of carbonyl (C=O) groups is 2. The summed E-state index contributed by atoms with van der Waals surface area (Å²) in [4.78, 5) is 34.0. The van der Waals surface area contributed by atoms with Gasteiger partial charge < -0.3 is 24.6 Å². The molecular formula is C24H22F2N6O5. The van der Waals surface area contributed by atoms with Gasteiger partial charge in [0.1, 0.15) is 17.9 Å². The molecule has 3 aromatic heterocycles. The molecule has 2 N–H and O–H groups in total. The van der Waals surface area contributed by atoms with E-state index < -0.39 is 25.0 Å². The number of nitrogens with one attached hydrogen (secondary N) is 1. The molecule has 1 aliphatic heterocycles. The molecule has 2 amide bonds. The molecule has 5 rings (SSSR count). The Balaban J connectivity index is 1.32. The van der Waals surface area contributed by atoms with Gasteiger partial charge in [-0.15, -0.1) is 0 Å². The normalized spacial score (nSPS) is 13.8. The van der Waals surface area contributed by atoms with Crippen LogP contribution in [-0.2, 0) is 11.3 Å². The number of ether oxygens (including phenoxy) is 1. The summed E-state index contributed by atoms with van der Waals surface area (Å²) < 4.78 is 36.6. The molecule has 0 unspecified atom stereocenters. The molecule has 11 nitrogen and oxygen atoms in total. The summed E-state index contributed by atoms with van der Waals surface area (Å²) in [5.41, 5.74) is 3.33. The molecule has 4 aromatic rings. The van der Waals surface area contributed by atoms with E-state index in [0.717, 1.165) is 5.56 Å². The summed E-state index contributed by atoms with van der Waals surface area (Å²) in [6.45, 7) is 1.73. The number of likely N-dealkylation sites (tertiary alicyclic amines) is 1. The van der Waals surface area contributed by atoms with Crippen LogP contribution in [0.5, 0.6) is 0 Å². The molecule has 1 fully saturated rings. The largest absolute Gasteiger partial charge is 0.465 e. The third-order valence-electron chi connectivity index (χ3n) is 6.00. The zero-order valence-corrected chi connectivity index (χ0v) is 19.6. The van der Waals surface area contributed by atoms with Gasteiger partial charge >= 0.3 is 6.09 Å². The lowest BCUT2D eigenvalue weighted by molar-refractivity contribution is 0.00978. The Bertz CT molecular complexity index is 1460. The lowest BCUT2D eigenvalue weighted by atomic mass is 10.0. The fraction of sp³-hybridized carbons (Fsp3) is 0.292. The zero-order valence-electron chi connectivity index (χ0n) is 19.6. The average molecular weight is 512 g/mol. The number of aromatic nitrogens is 4. The molecule has 1 aromatic carbocycles. The summed E-state index contributed by atoms with van der Waals surface area (Å²) in [6, 6.07) is 8.70. The number of hydrogen-bond donors (Lipinski definition) is 2. The maximum Gasteiger partial charge on any atom is 0.407 e. The van der Waals surface area contributed by atoms with Gasteiger partial charge in [-0.25, -0.2) is 18.6 Å². The number of carboxylic acid groups (broad SMARTS) is 1. The first-order chi connectivity index (χ1) is 17.8. The number of carbonyl (C=O) groups excluding carboxylic acids is 1. The molecule has 0 aliphatic carbocycles. The van der Waals surface area contributed by atoms with Crippen LogP contribution in [0.4, 0.5) is 19.3 Å². The Morgan fingerprint density at radius 2 is 2.08 bits per heavy atom. The van der Waals surface area contributed by atoms with E-state index in [9.17, 15) is 18.4 Å². The highest BCUT2D eigenvalue weighted by atomic mass is 19.3. The van der Waals surface area contributed by atoms with Crippen LogP contribution < -0.4 is 5.32 Å².